The second-order valence-corrected chi connectivity index (χ2v) is 7.88. The fourth-order valence-electron chi connectivity index (χ4n) is 3.04. The van der Waals surface area contributed by atoms with Crippen molar-refractivity contribution < 1.29 is 17.6 Å². The number of rotatable bonds is 5. The number of nitrogens with zero attached hydrogens (tertiary/aromatic N) is 1. The molecule has 1 fully saturated rings. The molecule has 2 atom stereocenters. The van der Waals surface area contributed by atoms with Gasteiger partial charge in [-0.2, -0.15) is 0 Å². The van der Waals surface area contributed by atoms with Crippen LogP contribution in [-0.4, -0.2) is 37.7 Å². The number of hydrogen-bond donors (Lipinski definition) is 3. The molecule has 7 nitrogen and oxygen atoms in total. The van der Waals surface area contributed by atoms with Crippen molar-refractivity contribution in [3.8, 4) is 0 Å². The molecular weight excluding hydrogens is 335 g/mol. The van der Waals surface area contributed by atoms with E-state index in [0.717, 1.165) is 0 Å². The summed E-state index contributed by atoms with van der Waals surface area (Å²) in [6.45, 7) is 1.99. The van der Waals surface area contributed by atoms with Crippen LogP contribution in [0.1, 0.15) is 36.9 Å². The Morgan fingerprint density at radius 3 is 2.75 bits per heavy atom. The number of urea groups is 1. The van der Waals surface area contributed by atoms with Crippen LogP contribution in [0.5, 0.6) is 0 Å². The summed E-state index contributed by atoms with van der Waals surface area (Å²) in [7, 11) is -3.35. The Morgan fingerprint density at radius 1 is 1.46 bits per heavy atom. The molecule has 0 aromatic heterocycles. The zero-order valence-electron chi connectivity index (χ0n) is 13.5. The summed E-state index contributed by atoms with van der Waals surface area (Å²) >= 11 is 0. The number of sulfonamides is 1. The highest BCUT2D eigenvalue weighted by molar-refractivity contribution is 7.89. The standard InChI is InChI=1S/C15H23FN4O3S/c1-2-24(22,23)19-12-5-6-20(15(18)21)14(8-12)13-4-3-11(16)7-10(13)9-17/h3-4,7,12,14,19H,2,5-6,8-9,17H2,1H3,(H2,18,21). The number of benzene rings is 1. The van der Waals surface area contributed by atoms with E-state index in [4.69, 9.17) is 11.5 Å². The molecule has 5 N–H and O–H groups in total. The van der Waals surface area contributed by atoms with Gasteiger partial charge in [-0.25, -0.2) is 22.3 Å². The molecule has 2 rings (SSSR count). The molecule has 2 amide bonds. The van der Waals surface area contributed by atoms with Crippen molar-refractivity contribution >= 4 is 16.1 Å². The lowest BCUT2D eigenvalue weighted by Crippen LogP contribution is -2.50. The van der Waals surface area contributed by atoms with Gasteiger partial charge >= 0.3 is 6.03 Å². The highest BCUT2D eigenvalue weighted by Crippen LogP contribution is 2.33. The van der Waals surface area contributed by atoms with Crippen molar-refractivity contribution in [3.63, 3.8) is 0 Å². The van der Waals surface area contributed by atoms with Gasteiger partial charge in [0.15, 0.2) is 0 Å². The molecule has 0 bridgehead atoms. The molecule has 0 aliphatic carbocycles. The van der Waals surface area contributed by atoms with Gasteiger partial charge in [-0.15, -0.1) is 0 Å². The van der Waals surface area contributed by atoms with Crippen LogP contribution >= 0.6 is 0 Å². The second kappa shape index (κ2) is 7.45. The van der Waals surface area contributed by atoms with Crippen LogP contribution < -0.4 is 16.2 Å². The van der Waals surface area contributed by atoms with Crippen LogP contribution in [0.15, 0.2) is 18.2 Å². The molecule has 0 radical (unpaired) electrons. The Balaban J connectivity index is 2.33. The molecular formula is C15H23FN4O3S. The molecule has 1 saturated heterocycles. The Labute approximate surface area is 141 Å². The highest BCUT2D eigenvalue weighted by atomic mass is 32.2. The highest BCUT2D eigenvalue weighted by Gasteiger charge is 2.34. The van der Waals surface area contributed by atoms with Crippen molar-refractivity contribution in [2.75, 3.05) is 12.3 Å². The van der Waals surface area contributed by atoms with Crippen molar-refractivity contribution in [2.45, 2.75) is 38.4 Å². The lowest BCUT2D eigenvalue weighted by Gasteiger charge is -2.39. The van der Waals surface area contributed by atoms with Gasteiger partial charge in [-0.1, -0.05) is 6.07 Å². The fourth-order valence-corrected chi connectivity index (χ4v) is 3.93. The Hall–Kier alpha value is -1.71. The predicted octanol–water partition coefficient (Wildman–Crippen LogP) is 0.808. The molecule has 9 heteroatoms. The minimum absolute atomic E-state index is 0.0156. The molecule has 2 unspecified atom stereocenters. The molecule has 1 heterocycles. The lowest BCUT2D eigenvalue weighted by atomic mass is 9.89. The van der Waals surface area contributed by atoms with Gasteiger partial charge in [-0.05, 0) is 43.0 Å². The summed E-state index contributed by atoms with van der Waals surface area (Å²) in [6.07, 6.45) is 0.832. The molecule has 1 aromatic rings. The van der Waals surface area contributed by atoms with E-state index in [1.54, 1.807) is 13.0 Å². The second-order valence-electron chi connectivity index (χ2n) is 5.84. The number of nitrogens with one attached hydrogen (secondary N) is 1. The summed E-state index contributed by atoms with van der Waals surface area (Å²) < 4.78 is 39.7. The quantitative estimate of drug-likeness (QED) is 0.721. The first kappa shape index (κ1) is 18.6. The Kier molecular flexibility index (Phi) is 5.79. The van der Waals surface area contributed by atoms with Crippen LogP contribution in [-0.2, 0) is 16.6 Å². The summed E-state index contributed by atoms with van der Waals surface area (Å²) in [5.74, 6) is -0.429. The zero-order chi connectivity index (χ0) is 17.9. The first-order valence-electron chi connectivity index (χ1n) is 7.81. The van der Waals surface area contributed by atoms with E-state index in [1.807, 2.05) is 0 Å². The molecule has 24 heavy (non-hydrogen) atoms. The van der Waals surface area contributed by atoms with Crippen LogP contribution in [0.3, 0.4) is 0 Å². The van der Waals surface area contributed by atoms with Gasteiger partial charge < -0.3 is 16.4 Å². The van der Waals surface area contributed by atoms with Gasteiger partial charge in [0, 0.05) is 19.1 Å². The normalized spacial score (nSPS) is 21.7. The maximum atomic E-state index is 13.4. The lowest BCUT2D eigenvalue weighted by molar-refractivity contribution is 0.148. The molecule has 0 saturated carbocycles. The van der Waals surface area contributed by atoms with Crippen LogP contribution in [0.2, 0.25) is 0 Å². The van der Waals surface area contributed by atoms with Gasteiger partial charge in [0.1, 0.15) is 5.82 Å². The molecule has 134 valence electrons. The third-order valence-corrected chi connectivity index (χ3v) is 5.75. The number of primary amides is 1. The molecule has 1 aliphatic rings. The number of piperidine rings is 1. The van der Waals surface area contributed by atoms with E-state index >= 15 is 0 Å². The summed E-state index contributed by atoms with van der Waals surface area (Å²) in [5.41, 5.74) is 12.4. The Bertz CT molecular complexity index is 711. The fraction of sp³-hybridized carbons (Fsp3) is 0.533. The number of carbonyl (C=O) groups excluding carboxylic acids is 1. The molecule has 1 aromatic carbocycles. The van der Waals surface area contributed by atoms with E-state index in [1.165, 1.54) is 17.0 Å². The zero-order valence-corrected chi connectivity index (χ0v) is 14.4. The third kappa shape index (κ3) is 4.22. The monoisotopic (exact) mass is 358 g/mol. The van der Waals surface area contributed by atoms with E-state index in [0.29, 0.717) is 30.5 Å². The minimum atomic E-state index is -3.35. The predicted molar refractivity (Wildman–Crippen MR) is 88.9 cm³/mol. The molecule has 1 aliphatic heterocycles. The largest absolute Gasteiger partial charge is 0.351 e. The van der Waals surface area contributed by atoms with Gasteiger partial charge in [-0.3, -0.25) is 0 Å². The first-order valence-corrected chi connectivity index (χ1v) is 9.47. The number of amides is 2. The number of hydrogen-bond acceptors (Lipinski definition) is 4. The molecule has 0 spiro atoms. The number of halogens is 1. The van der Waals surface area contributed by atoms with Crippen LogP contribution in [0, 0.1) is 5.82 Å². The van der Waals surface area contributed by atoms with E-state index < -0.39 is 27.9 Å². The summed E-state index contributed by atoms with van der Waals surface area (Å²) in [5, 5.41) is 0. The van der Waals surface area contributed by atoms with Crippen molar-refractivity contribution in [2.24, 2.45) is 11.5 Å². The maximum Gasteiger partial charge on any atom is 0.315 e. The minimum Gasteiger partial charge on any atom is -0.351 e. The van der Waals surface area contributed by atoms with Crippen molar-refractivity contribution in [3.05, 3.63) is 35.1 Å². The maximum absolute atomic E-state index is 13.4. The summed E-state index contributed by atoms with van der Waals surface area (Å²) in [4.78, 5) is 13.2. The number of likely N-dealkylation sites (tertiary alicyclic amines) is 1. The Morgan fingerprint density at radius 2 is 2.17 bits per heavy atom. The van der Waals surface area contributed by atoms with Gasteiger partial charge in [0.25, 0.3) is 0 Å². The third-order valence-electron chi connectivity index (χ3n) is 4.30. The first-order chi connectivity index (χ1) is 11.3. The number of nitrogens with two attached hydrogens (primary N) is 2. The average molecular weight is 358 g/mol. The van der Waals surface area contributed by atoms with Gasteiger partial charge in [0.05, 0.1) is 11.8 Å². The average Bonchev–Trinajstić information content (AvgIpc) is 2.54. The summed E-state index contributed by atoms with van der Waals surface area (Å²) in [6, 6.07) is 2.85. The van der Waals surface area contributed by atoms with E-state index in [2.05, 4.69) is 4.72 Å². The smallest absolute Gasteiger partial charge is 0.315 e. The van der Waals surface area contributed by atoms with E-state index in [-0.39, 0.29) is 18.3 Å². The van der Waals surface area contributed by atoms with Crippen LogP contribution in [0.25, 0.3) is 0 Å². The topological polar surface area (TPSA) is 119 Å². The SMILES string of the molecule is CCS(=O)(=O)NC1CCN(C(N)=O)C(c2ccc(F)cc2CN)C1. The number of carbonyl (C=O) groups is 1. The van der Waals surface area contributed by atoms with Gasteiger partial charge in [0.2, 0.25) is 10.0 Å². The van der Waals surface area contributed by atoms with Crippen molar-refractivity contribution in [1.29, 1.82) is 0 Å². The van der Waals surface area contributed by atoms with Crippen LogP contribution in [0.4, 0.5) is 9.18 Å². The van der Waals surface area contributed by atoms with E-state index in [9.17, 15) is 17.6 Å². The van der Waals surface area contributed by atoms with Crippen molar-refractivity contribution in [1.82, 2.24) is 9.62 Å².